The van der Waals surface area contributed by atoms with E-state index in [9.17, 15) is 9.59 Å². The summed E-state index contributed by atoms with van der Waals surface area (Å²) in [6, 6.07) is 7.50. The predicted molar refractivity (Wildman–Crippen MR) is 112 cm³/mol. The second-order valence-electron chi connectivity index (χ2n) is 7.20. The molecule has 1 aliphatic rings. The molecule has 1 heterocycles. The molecule has 1 saturated carbocycles. The Morgan fingerprint density at radius 1 is 1.07 bits per heavy atom. The molecule has 28 heavy (non-hydrogen) atoms. The predicted octanol–water partition coefficient (Wildman–Crippen LogP) is 4.17. The molecule has 0 aliphatic heterocycles. The molecular formula is C20H27N5O2S. The standard InChI is InChI=1S/C20H27N5O2S/c1-13(19(27)22-17-11-9-16(10-12-17)21-15(3)26)28-20-24-23-14(2)25(20)18-7-5-4-6-8-18/h9-13,18H,4-8H2,1-3H3,(H,21,26)(H,22,27)/t13-/m1/s1. The lowest BCUT2D eigenvalue weighted by Crippen LogP contribution is -2.23. The number of carbonyl (C=O) groups excluding carboxylic acids is 2. The molecule has 1 aromatic carbocycles. The van der Waals surface area contributed by atoms with Crippen molar-refractivity contribution in [1.82, 2.24) is 14.8 Å². The van der Waals surface area contributed by atoms with Crippen molar-refractivity contribution < 1.29 is 9.59 Å². The summed E-state index contributed by atoms with van der Waals surface area (Å²) in [6.07, 6.45) is 6.05. The molecule has 0 unspecified atom stereocenters. The Labute approximate surface area is 169 Å². The van der Waals surface area contributed by atoms with Crippen LogP contribution in [-0.4, -0.2) is 31.8 Å². The molecule has 2 aromatic rings. The average Bonchev–Trinajstić information content (AvgIpc) is 3.03. The van der Waals surface area contributed by atoms with Gasteiger partial charge in [0.15, 0.2) is 5.16 Å². The summed E-state index contributed by atoms with van der Waals surface area (Å²) in [4.78, 5) is 23.7. The van der Waals surface area contributed by atoms with Crippen molar-refractivity contribution in [1.29, 1.82) is 0 Å². The smallest absolute Gasteiger partial charge is 0.237 e. The maximum absolute atomic E-state index is 12.6. The second kappa shape index (κ2) is 9.23. The summed E-state index contributed by atoms with van der Waals surface area (Å²) in [7, 11) is 0. The Bertz CT molecular complexity index is 828. The Balaban J connectivity index is 1.62. The van der Waals surface area contributed by atoms with Crippen molar-refractivity contribution in [2.45, 2.75) is 69.3 Å². The third-order valence-electron chi connectivity index (χ3n) is 4.90. The first-order valence-corrected chi connectivity index (χ1v) is 10.6. The monoisotopic (exact) mass is 401 g/mol. The normalized spacial score (nSPS) is 15.8. The molecule has 0 spiro atoms. The maximum atomic E-state index is 12.6. The Morgan fingerprint density at radius 2 is 1.68 bits per heavy atom. The van der Waals surface area contributed by atoms with E-state index in [4.69, 9.17) is 0 Å². The third-order valence-corrected chi connectivity index (χ3v) is 5.96. The van der Waals surface area contributed by atoms with Gasteiger partial charge in [0, 0.05) is 24.3 Å². The van der Waals surface area contributed by atoms with Crippen molar-refractivity contribution in [3.05, 3.63) is 30.1 Å². The Morgan fingerprint density at radius 3 is 2.29 bits per heavy atom. The molecule has 1 fully saturated rings. The first-order chi connectivity index (χ1) is 13.4. The lowest BCUT2D eigenvalue weighted by molar-refractivity contribution is -0.115. The van der Waals surface area contributed by atoms with E-state index < -0.39 is 0 Å². The highest BCUT2D eigenvalue weighted by Gasteiger charge is 2.24. The minimum atomic E-state index is -0.305. The van der Waals surface area contributed by atoms with Crippen LogP contribution < -0.4 is 10.6 Å². The molecular weight excluding hydrogens is 374 g/mol. The fraction of sp³-hybridized carbons (Fsp3) is 0.500. The van der Waals surface area contributed by atoms with Gasteiger partial charge in [-0.2, -0.15) is 0 Å². The number of amides is 2. The lowest BCUT2D eigenvalue weighted by Gasteiger charge is -2.25. The molecule has 1 aromatic heterocycles. The fourth-order valence-electron chi connectivity index (χ4n) is 3.49. The van der Waals surface area contributed by atoms with Gasteiger partial charge in [-0.25, -0.2) is 0 Å². The van der Waals surface area contributed by atoms with Crippen LogP contribution in [0.1, 0.15) is 57.8 Å². The van der Waals surface area contributed by atoms with E-state index in [0.29, 0.717) is 17.4 Å². The topological polar surface area (TPSA) is 88.9 Å². The van der Waals surface area contributed by atoms with Gasteiger partial charge in [0.05, 0.1) is 5.25 Å². The fourth-order valence-corrected chi connectivity index (χ4v) is 4.45. The molecule has 7 nitrogen and oxygen atoms in total. The number of nitrogens with zero attached hydrogens (tertiary/aromatic N) is 3. The van der Waals surface area contributed by atoms with Crippen molar-refractivity contribution in [3.63, 3.8) is 0 Å². The van der Waals surface area contributed by atoms with Crippen molar-refractivity contribution >= 4 is 35.0 Å². The first kappa shape index (κ1) is 20.4. The van der Waals surface area contributed by atoms with Gasteiger partial charge in [-0.15, -0.1) is 10.2 Å². The van der Waals surface area contributed by atoms with Crippen LogP contribution >= 0.6 is 11.8 Å². The van der Waals surface area contributed by atoms with Crippen LogP contribution in [0, 0.1) is 6.92 Å². The van der Waals surface area contributed by atoms with E-state index in [1.807, 2.05) is 13.8 Å². The van der Waals surface area contributed by atoms with Crippen LogP contribution in [-0.2, 0) is 9.59 Å². The van der Waals surface area contributed by atoms with Crippen LogP contribution in [0.5, 0.6) is 0 Å². The number of benzene rings is 1. The van der Waals surface area contributed by atoms with Crippen molar-refractivity contribution in [2.75, 3.05) is 10.6 Å². The van der Waals surface area contributed by atoms with Crippen LogP contribution in [0.3, 0.4) is 0 Å². The van der Waals surface area contributed by atoms with E-state index in [2.05, 4.69) is 25.4 Å². The van der Waals surface area contributed by atoms with Gasteiger partial charge >= 0.3 is 0 Å². The SMILES string of the molecule is CC(=O)Nc1ccc(NC(=O)[C@@H](C)Sc2nnc(C)n2C2CCCCC2)cc1. The van der Waals surface area contributed by atoms with Crippen LogP contribution in [0.15, 0.2) is 29.4 Å². The molecule has 1 atom stereocenters. The maximum Gasteiger partial charge on any atom is 0.237 e. The van der Waals surface area contributed by atoms with Gasteiger partial charge in [0.2, 0.25) is 11.8 Å². The minimum Gasteiger partial charge on any atom is -0.326 e. The molecule has 150 valence electrons. The number of anilines is 2. The van der Waals surface area contributed by atoms with E-state index in [1.54, 1.807) is 24.3 Å². The van der Waals surface area contributed by atoms with Gasteiger partial charge in [-0.05, 0) is 51.0 Å². The summed E-state index contributed by atoms with van der Waals surface area (Å²) < 4.78 is 2.20. The molecule has 2 N–H and O–H groups in total. The zero-order valence-electron chi connectivity index (χ0n) is 16.6. The lowest BCUT2D eigenvalue weighted by atomic mass is 9.95. The number of rotatable bonds is 6. The van der Waals surface area contributed by atoms with Gasteiger partial charge in [0.25, 0.3) is 0 Å². The van der Waals surface area contributed by atoms with Crippen molar-refractivity contribution in [2.24, 2.45) is 0 Å². The van der Waals surface area contributed by atoms with Crippen LogP contribution in [0.2, 0.25) is 0 Å². The highest BCUT2D eigenvalue weighted by Crippen LogP contribution is 2.33. The number of aromatic nitrogens is 3. The highest BCUT2D eigenvalue weighted by atomic mass is 32.2. The van der Waals surface area contributed by atoms with Gasteiger partial charge in [-0.3, -0.25) is 9.59 Å². The third kappa shape index (κ3) is 5.13. The van der Waals surface area contributed by atoms with Gasteiger partial charge < -0.3 is 15.2 Å². The van der Waals surface area contributed by atoms with E-state index in [0.717, 1.165) is 23.8 Å². The van der Waals surface area contributed by atoms with E-state index >= 15 is 0 Å². The number of nitrogens with one attached hydrogen (secondary N) is 2. The molecule has 0 bridgehead atoms. The Kier molecular flexibility index (Phi) is 6.72. The summed E-state index contributed by atoms with van der Waals surface area (Å²) >= 11 is 1.44. The number of carbonyl (C=O) groups is 2. The first-order valence-electron chi connectivity index (χ1n) is 9.70. The summed E-state index contributed by atoms with van der Waals surface area (Å²) in [6.45, 7) is 5.32. The number of hydrogen-bond donors (Lipinski definition) is 2. The quantitative estimate of drug-likeness (QED) is 0.709. The molecule has 0 saturated heterocycles. The molecule has 8 heteroatoms. The van der Waals surface area contributed by atoms with E-state index in [-0.39, 0.29) is 17.1 Å². The summed E-state index contributed by atoms with van der Waals surface area (Å²) in [5.74, 6) is 0.697. The van der Waals surface area contributed by atoms with Crippen molar-refractivity contribution in [3.8, 4) is 0 Å². The van der Waals surface area contributed by atoms with Crippen LogP contribution in [0.25, 0.3) is 0 Å². The molecule has 3 rings (SSSR count). The Hall–Kier alpha value is -2.35. The number of aryl methyl sites for hydroxylation is 1. The zero-order chi connectivity index (χ0) is 20.1. The molecule has 0 radical (unpaired) electrons. The summed E-state index contributed by atoms with van der Waals surface area (Å²) in [5, 5.41) is 14.7. The van der Waals surface area contributed by atoms with E-state index in [1.165, 1.54) is 37.9 Å². The molecule has 1 aliphatic carbocycles. The number of hydrogen-bond acceptors (Lipinski definition) is 5. The molecule has 2 amide bonds. The zero-order valence-corrected chi connectivity index (χ0v) is 17.4. The van der Waals surface area contributed by atoms with Crippen LogP contribution in [0.4, 0.5) is 11.4 Å². The largest absolute Gasteiger partial charge is 0.326 e. The summed E-state index contributed by atoms with van der Waals surface area (Å²) in [5.41, 5.74) is 1.39. The average molecular weight is 402 g/mol. The van der Waals surface area contributed by atoms with Gasteiger partial charge in [-0.1, -0.05) is 31.0 Å². The number of thioether (sulfide) groups is 1. The van der Waals surface area contributed by atoms with Gasteiger partial charge in [0.1, 0.15) is 5.82 Å². The second-order valence-corrected chi connectivity index (χ2v) is 8.51. The highest BCUT2D eigenvalue weighted by molar-refractivity contribution is 8.00. The minimum absolute atomic E-state index is 0.0897.